The first kappa shape index (κ1) is 10.6. The van der Waals surface area contributed by atoms with Crippen LogP contribution in [0.4, 0.5) is 0 Å². The van der Waals surface area contributed by atoms with Gasteiger partial charge in [-0.05, 0) is 31.2 Å². The summed E-state index contributed by atoms with van der Waals surface area (Å²) in [6.45, 7) is 1.57. The highest BCUT2D eigenvalue weighted by atomic mass is 16.5. The maximum atomic E-state index is 9.25. The van der Waals surface area contributed by atoms with Crippen molar-refractivity contribution in [2.24, 2.45) is 0 Å². The number of hydrogen-bond donors (Lipinski definition) is 1. The molecule has 1 atom stereocenters. The molecule has 0 bridgehead atoms. The van der Waals surface area contributed by atoms with Gasteiger partial charge in [-0.15, -0.1) is 0 Å². The van der Waals surface area contributed by atoms with E-state index in [0.29, 0.717) is 5.82 Å². The molecule has 5 heteroatoms. The molecule has 5 nitrogen and oxygen atoms in total. The predicted octanol–water partition coefficient (Wildman–Crippen LogP) is 1.80. The number of aromatic nitrogens is 2. The summed E-state index contributed by atoms with van der Waals surface area (Å²) >= 11 is 0. The number of nitrogens with zero attached hydrogens (tertiary/aromatic N) is 2. The van der Waals surface area contributed by atoms with Crippen LogP contribution in [0.5, 0.6) is 5.75 Å². The van der Waals surface area contributed by atoms with Crippen molar-refractivity contribution in [2.75, 3.05) is 7.11 Å². The fourth-order valence-corrected chi connectivity index (χ4v) is 1.26. The van der Waals surface area contributed by atoms with E-state index < -0.39 is 6.10 Å². The Morgan fingerprint density at radius 3 is 2.50 bits per heavy atom. The second kappa shape index (κ2) is 4.32. The zero-order valence-corrected chi connectivity index (χ0v) is 9.04. The topological polar surface area (TPSA) is 68.4 Å². The molecule has 0 spiro atoms. The Bertz CT molecular complexity index is 462. The van der Waals surface area contributed by atoms with Gasteiger partial charge in [-0.25, -0.2) is 0 Å². The van der Waals surface area contributed by atoms with Crippen LogP contribution in [0, 0.1) is 0 Å². The molecule has 0 aliphatic carbocycles. The average molecular weight is 220 g/mol. The van der Waals surface area contributed by atoms with Crippen LogP contribution < -0.4 is 4.74 Å². The van der Waals surface area contributed by atoms with Gasteiger partial charge < -0.3 is 14.4 Å². The highest BCUT2D eigenvalue weighted by Gasteiger charge is 2.12. The molecule has 2 aromatic rings. The van der Waals surface area contributed by atoms with E-state index in [1.807, 2.05) is 24.3 Å². The van der Waals surface area contributed by atoms with E-state index in [0.717, 1.165) is 11.3 Å². The smallest absolute Gasteiger partial charge is 0.255 e. The standard InChI is InChI=1S/C11H12N2O3/c1-7(14)11-12-10(13-16-11)8-3-5-9(15-2)6-4-8/h3-7,14H,1-2H3. The molecule has 0 fully saturated rings. The molecule has 0 radical (unpaired) electrons. The molecule has 16 heavy (non-hydrogen) atoms. The Balaban J connectivity index is 2.28. The third kappa shape index (κ3) is 2.04. The summed E-state index contributed by atoms with van der Waals surface area (Å²) in [6, 6.07) is 7.28. The van der Waals surface area contributed by atoms with Crippen LogP contribution in [0.15, 0.2) is 28.8 Å². The lowest BCUT2D eigenvalue weighted by Gasteiger charge is -1.99. The second-order valence-electron chi connectivity index (χ2n) is 3.36. The molecule has 0 aliphatic heterocycles. The number of ether oxygens (including phenoxy) is 1. The molecular weight excluding hydrogens is 208 g/mol. The van der Waals surface area contributed by atoms with E-state index in [-0.39, 0.29) is 5.89 Å². The van der Waals surface area contributed by atoms with Gasteiger partial charge in [-0.1, -0.05) is 5.16 Å². The van der Waals surface area contributed by atoms with Crippen molar-refractivity contribution in [3.05, 3.63) is 30.2 Å². The Morgan fingerprint density at radius 2 is 2.00 bits per heavy atom. The van der Waals surface area contributed by atoms with Gasteiger partial charge >= 0.3 is 0 Å². The van der Waals surface area contributed by atoms with E-state index in [1.54, 1.807) is 14.0 Å². The van der Waals surface area contributed by atoms with Crippen LogP contribution in [-0.2, 0) is 0 Å². The minimum absolute atomic E-state index is 0.214. The van der Waals surface area contributed by atoms with E-state index in [4.69, 9.17) is 9.26 Å². The first-order chi connectivity index (χ1) is 7.70. The lowest BCUT2D eigenvalue weighted by Crippen LogP contribution is -1.90. The van der Waals surface area contributed by atoms with Crippen molar-refractivity contribution < 1.29 is 14.4 Å². The second-order valence-corrected chi connectivity index (χ2v) is 3.36. The molecule has 0 saturated heterocycles. The fraction of sp³-hybridized carbons (Fsp3) is 0.273. The van der Waals surface area contributed by atoms with Gasteiger partial charge in [0.1, 0.15) is 11.9 Å². The van der Waals surface area contributed by atoms with E-state index in [9.17, 15) is 5.11 Å². The summed E-state index contributed by atoms with van der Waals surface area (Å²) in [6.07, 6.45) is -0.750. The molecule has 1 unspecified atom stereocenters. The Labute approximate surface area is 92.7 Å². The third-order valence-electron chi connectivity index (χ3n) is 2.15. The minimum Gasteiger partial charge on any atom is -0.497 e. The SMILES string of the molecule is COc1ccc(-c2noc(C(C)O)n2)cc1. The first-order valence-corrected chi connectivity index (χ1v) is 4.87. The summed E-state index contributed by atoms with van der Waals surface area (Å²) in [4.78, 5) is 4.07. The number of rotatable bonds is 3. The van der Waals surface area contributed by atoms with Crippen molar-refractivity contribution in [3.63, 3.8) is 0 Å². The zero-order chi connectivity index (χ0) is 11.5. The predicted molar refractivity (Wildman–Crippen MR) is 56.9 cm³/mol. The molecule has 0 aliphatic rings. The Kier molecular flexibility index (Phi) is 2.87. The molecule has 0 amide bonds. The van der Waals surface area contributed by atoms with Crippen molar-refractivity contribution in [2.45, 2.75) is 13.0 Å². The van der Waals surface area contributed by atoms with Crippen LogP contribution in [0.2, 0.25) is 0 Å². The van der Waals surface area contributed by atoms with Gasteiger partial charge in [-0.2, -0.15) is 4.98 Å². The quantitative estimate of drug-likeness (QED) is 0.854. The fourth-order valence-electron chi connectivity index (χ4n) is 1.26. The van der Waals surface area contributed by atoms with Gasteiger partial charge in [0.05, 0.1) is 7.11 Å². The minimum atomic E-state index is -0.750. The third-order valence-corrected chi connectivity index (χ3v) is 2.15. The van der Waals surface area contributed by atoms with Crippen LogP contribution in [0.3, 0.4) is 0 Å². The van der Waals surface area contributed by atoms with Crippen LogP contribution >= 0.6 is 0 Å². The highest BCUT2D eigenvalue weighted by molar-refractivity contribution is 5.55. The molecule has 2 rings (SSSR count). The van der Waals surface area contributed by atoms with Crippen LogP contribution in [0.1, 0.15) is 18.9 Å². The van der Waals surface area contributed by atoms with Crippen LogP contribution in [0.25, 0.3) is 11.4 Å². The van der Waals surface area contributed by atoms with E-state index in [1.165, 1.54) is 0 Å². The van der Waals surface area contributed by atoms with Crippen molar-refractivity contribution in [1.29, 1.82) is 0 Å². The summed E-state index contributed by atoms with van der Waals surface area (Å²) in [5, 5.41) is 13.0. The highest BCUT2D eigenvalue weighted by Crippen LogP contribution is 2.21. The molecule has 0 saturated carbocycles. The largest absolute Gasteiger partial charge is 0.497 e. The van der Waals surface area contributed by atoms with Crippen molar-refractivity contribution >= 4 is 0 Å². The maximum Gasteiger partial charge on any atom is 0.255 e. The average Bonchev–Trinajstić information content (AvgIpc) is 2.78. The lowest BCUT2D eigenvalue weighted by atomic mass is 10.2. The van der Waals surface area contributed by atoms with Gasteiger partial charge in [0, 0.05) is 5.56 Å². The first-order valence-electron chi connectivity index (χ1n) is 4.87. The van der Waals surface area contributed by atoms with Gasteiger partial charge in [0.2, 0.25) is 5.82 Å². The normalized spacial score (nSPS) is 12.4. The van der Waals surface area contributed by atoms with E-state index in [2.05, 4.69) is 10.1 Å². The van der Waals surface area contributed by atoms with E-state index >= 15 is 0 Å². The number of aliphatic hydroxyl groups is 1. The molecular formula is C11H12N2O3. The number of benzene rings is 1. The summed E-state index contributed by atoms with van der Waals surface area (Å²) in [7, 11) is 1.61. The lowest BCUT2D eigenvalue weighted by molar-refractivity contribution is 0.152. The van der Waals surface area contributed by atoms with Crippen molar-refractivity contribution in [1.82, 2.24) is 10.1 Å². The molecule has 84 valence electrons. The van der Waals surface area contributed by atoms with Gasteiger partial charge in [0.15, 0.2) is 0 Å². The summed E-state index contributed by atoms with van der Waals surface area (Å²) < 4.78 is 9.94. The van der Waals surface area contributed by atoms with Gasteiger partial charge in [-0.3, -0.25) is 0 Å². The number of hydrogen-bond acceptors (Lipinski definition) is 5. The Morgan fingerprint density at radius 1 is 1.31 bits per heavy atom. The molecule has 1 aromatic heterocycles. The molecule has 1 heterocycles. The Hall–Kier alpha value is -1.88. The number of aliphatic hydroxyl groups excluding tert-OH is 1. The zero-order valence-electron chi connectivity index (χ0n) is 9.04. The number of methoxy groups -OCH3 is 1. The molecule has 1 aromatic carbocycles. The van der Waals surface area contributed by atoms with Crippen LogP contribution in [-0.4, -0.2) is 22.4 Å². The summed E-state index contributed by atoms with van der Waals surface area (Å²) in [5.74, 6) is 1.44. The van der Waals surface area contributed by atoms with Crippen molar-refractivity contribution in [3.8, 4) is 17.1 Å². The maximum absolute atomic E-state index is 9.25. The molecule has 1 N–H and O–H groups in total. The summed E-state index contributed by atoms with van der Waals surface area (Å²) in [5.41, 5.74) is 0.816. The van der Waals surface area contributed by atoms with Gasteiger partial charge in [0.25, 0.3) is 5.89 Å². The monoisotopic (exact) mass is 220 g/mol.